The molecule has 4 nitrogen and oxygen atoms in total. The number of hydrogen-bond donors (Lipinski definition) is 4. The van der Waals surface area contributed by atoms with Crippen molar-refractivity contribution in [2.75, 3.05) is 0 Å². The molecule has 0 radical (unpaired) electrons. The predicted octanol–water partition coefficient (Wildman–Crippen LogP) is 11.6. The van der Waals surface area contributed by atoms with E-state index in [1.54, 1.807) is 0 Å². The smallest absolute Gasteiger partial charge is 0.0101 e. The van der Waals surface area contributed by atoms with E-state index in [1.165, 1.54) is 24.8 Å². The van der Waals surface area contributed by atoms with Gasteiger partial charge in [0.05, 0.1) is 0 Å². The minimum Gasteiger partial charge on any atom is -0.307 e. The van der Waals surface area contributed by atoms with Crippen LogP contribution in [0.5, 0.6) is 0 Å². The molecule has 0 atom stereocenters. The van der Waals surface area contributed by atoms with Gasteiger partial charge in [0.2, 0.25) is 0 Å². The molecule has 1 aliphatic carbocycles. The summed E-state index contributed by atoms with van der Waals surface area (Å²) < 4.78 is 0. The van der Waals surface area contributed by atoms with Crippen LogP contribution in [-0.4, -0.2) is 44.3 Å². The molecule has 0 aromatic heterocycles. The Morgan fingerprint density at radius 3 is 0.783 bits per heavy atom. The number of unbranched alkanes of at least 4 members (excludes halogenated alkanes) is 1. The number of rotatable bonds is 3. The van der Waals surface area contributed by atoms with E-state index in [2.05, 4.69) is 213 Å². The van der Waals surface area contributed by atoms with Crippen molar-refractivity contribution in [1.29, 1.82) is 0 Å². The standard InChI is InChI=1S/C9H13.4C8H19N.Zr/c1-2-3-6-9-7-4-5-8-9;4*1-7(2,3)9-8(4,5)6;/h4,7H,2-3,5-6H2,1H3;4*9H,1-6H3;/q-1;;;;;. The molecule has 0 spiro atoms. The zero-order valence-electron chi connectivity index (χ0n) is 36.5. The summed E-state index contributed by atoms with van der Waals surface area (Å²) in [6.45, 7) is 54.5. The molecule has 0 fully saturated rings. The summed E-state index contributed by atoms with van der Waals surface area (Å²) in [6, 6.07) is 0. The molecule has 0 saturated carbocycles. The van der Waals surface area contributed by atoms with Crippen molar-refractivity contribution < 1.29 is 26.2 Å². The summed E-state index contributed by atoms with van der Waals surface area (Å²) in [4.78, 5) is 0. The van der Waals surface area contributed by atoms with Gasteiger partial charge in [-0.15, -0.1) is 6.42 Å². The molecule has 0 aliphatic heterocycles. The van der Waals surface area contributed by atoms with Crippen LogP contribution in [0.2, 0.25) is 0 Å². The van der Waals surface area contributed by atoms with Gasteiger partial charge in [0.1, 0.15) is 0 Å². The Morgan fingerprint density at radius 1 is 0.457 bits per heavy atom. The van der Waals surface area contributed by atoms with Gasteiger partial charge >= 0.3 is 0 Å². The molecule has 0 aromatic carbocycles. The third-order valence-corrected chi connectivity index (χ3v) is 4.57. The summed E-state index contributed by atoms with van der Waals surface area (Å²) in [5.41, 5.74) is 3.29. The third kappa shape index (κ3) is 66.6. The van der Waals surface area contributed by atoms with E-state index in [-0.39, 0.29) is 70.5 Å². The van der Waals surface area contributed by atoms with Gasteiger partial charge < -0.3 is 21.3 Å². The second kappa shape index (κ2) is 22.8. The van der Waals surface area contributed by atoms with Crippen LogP contribution in [-0.2, 0) is 26.2 Å². The van der Waals surface area contributed by atoms with Crippen molar-refractivity contribution in [3.63, 3.8) is 0 Å². The first-order valence-corrected chi connectivity index (χ1v) is 17.7. The maximum atomic E-state index is 3.46. The largest absolute Gasteiger partial charge is 0.307 e. The quantitative estimate of drug-likeness (QED) is 0.219. The number of hydrogen-bond acceptors (Lipinski definition) is 4. The fraction of sp³-hybridized carbons (Fsp3) is 0.902. The predicted molar refractivity (Wildman–Crippen MR) is 211 cm³/mol. The first-order valence-electron chi connectivity index (χ1n) is 17.7. The third-order valence-electron chi connectivity index (χ3n) is 4.57. The Bertz CT molecular complexity index is 631. The van der Waals surface area contributed by atoms with Crippen LogP contribution in [0.1, 0.15) is 199 Å². The molecule has 0 saturated heterocycles. The zero-order chi connectivity index (χ0) is 37.4. The van der Waals surface area contributed by atoms with Gasteiger partial charge in [0, 0.05) is 70.5 Å². The Balaban J connectivity index is -0.000000151. The molecule has 0 aromatic rings. The van der Waals surface area contributed by atoms with Crippen LogP contribution in [0.15, 0.2) is 17.7 Å². The van der Waals surface area contributed by atoms with Crippen LogP contribution in [0, 0.1) is 6.08 Å². The van der Waals surface area contributed by atoms with Crippen molar-refractivity contribution in [3.05, 3.63) is 23.8 Å². The van der Waals surface area contributed by atoms with Crippen LogP contribution < -0.4 is 21.3 Å². The average Bonchev–Trinajstić information content (AvgIpc) is 3.09. The normalized spacial score (nSPS) is 14.2. The van der Waals surface area contributed by atoms with Crippen LogP contribution in [0.25, 0.3) is 0 Å². The van der Waals surface area contributed by atoms with Crippen molar-refractivity contribution in [3.8, 4) is 0 Å². The minimum atomic E-state index is 0. The SMILES string of the molecule is CC(C)(C)NC(C)(C)C.CC(C)(C)NC(C)(C)C.CC(C)(C)NC(C)(C)C.CC(C)(C)NC(C)(C)C.CCCCC1=[C-]CC=C1.[Zr]. The van der Waals surface area contributed by atoms with Gasteiger partial charge in [-0.3, -0.25) is 6.08 Å². The first kappa shape index (κ1) is 55.6. The molecule has 5 heteroatoms. The zero-order valence-corrected chi connectivity index (χ0v) is 38.9. The molecule has 0 bridgehead atoms. The number of nitrogens with one attached hydrogen (secondary N) is 4. The minimum absolute atomic E-state index is 0. The van der Waals surface area contributed by atoms with Gasteiger partial charge in [-0.05, 0) is 166 Å². The van der Waals surface area contributed by atoms with Gasteiger partial charge in [0.15, 0.2) is 0 Å². The molecule has 46 heavy (non-hydrogen) atoms. The molecule has 1 aliphatic rings. The summed E-state index contributed by atoms with van der Waals surface area (Å²) in [5, 5.41) is 13.8. The van der Waals surface area contributed by atoms with Crippen molar-refractivity contribution >= 4 is 0 Å². The van der Waals surface area contributed by atoms with Gasteiger partial charge in [-0.1, -0.05) is 26.2 Å². The fourth-order valence-electron chi connectivity index (χ4n) is 5.49. The average molecular weight is 729 g/mol. The molecule has 4 N–H and O–H groups in total. The molecule has 1 rings (SSSR count). The van der Waals surface area contributed by atoms with Crippen molar-refractivity contribution in [1.82, 2.24) is 21.3 Å². The molecule has 0 amide bonds. The maximum Gasteiger partial charge on any atom is 0.0101 e. The van der Waals surface area contributed by atoms with E-state index in [4.69, 9.17) is 0 Å². The van der Waals surface area contributed by atoms with E-state index in [1.807, 2.05) is 0 Å². The van der Waals surface area contributed by atoms with Crippen LogP contribution >= 0.6 is 0 Å². The van der Waals surface area contributed by atoms with Gasteiger partial charge in [0.25, 0.3) is 0 Å². The second-order valence-corrected chi connectivity index (χ2v) is 20.9. The number of allylic oxidation sites excluding steroid dienone is 4. The summed E-state index contributed by atoms with van der Waals surface area (Å²) in [7, 11) is 0. The van der Waals surface area contributed by atoms with Crippen LogP contribution in [0.4, 0.5) is 0 Å². The molecular weight excluding hydrogens is 640 g/mol. The van der Waals surface area contributed by atoms with Crippen molar-refractivity contribution in [2.45, 2.75) is 243 Å². The summed E-state index contributed by atoms with van der Waals surface area (Å²) >= 11 is 0. The Hall–Kier alpha value is 0.203. The second-order valence-electron chi connectivity index (χ2n) is 20.9. The van der Waals surface area contributed by atoms with E-state index in [0.29, 0.717) is 0 Å². The van der Waals surface area contributed by atoms with E-state index >= 15 is 0 Å². The molecular formula is C41H89N4Zr-. The Labute approximate surface area is 312 Å². The van der Waals surface area contributed by atoms with Crippen LogP contribution in [0.3, 0.4) is 0 Å². The first-order chi connectivity index (χ1) is 19.3. The maximum absolute atomic E-state index is 3.46. The Kier molecular flexibility index (Phi) is 27.6. The topological polar surface area (TPSA) is 48.1 Å². The molecule has 0 heterocycles. The Morgan fingerprint density at radius 2 is 0.674 bits per heavy atom. The van der Waals surface area contributed by atoms with Crippen molar-refractivity contribution in [2.24, 2.45) is 0 Å². The fourth-order valence-corrected chi connectivity index (χ4v) is 5.49. The van der Waals surface area contributed by atoms with Gasteiger partial charge in [-0.2, -0.15) is 6.08 Å². The van der Waals surface area contributed by atoms with Gasteiger partial charge in [-0.25, -0.2) is 11.6 Å². The summed E-state index contributed by atoms with van der Waals surface area (Å²) in [6.07, 6.45) is 12.5. The molecule has 0 unspecified atom stereocenters. The monoisotopic (exact) mass is 728 g/mol. The van der Waals surface area contributed by atoms with E-state index < -0.39 is 0 Å². The van der Waals surface area contributed by atoms with E-state index in [9.17, 15) is 0 Å². The summed E-state index contributed by atoms with van der Waals surface area (Å²) in [5.74, 6) is 0. The molecule has 278 valence electrons. The van der Waals surface area contributed by atoms with E-state index in [0.717, 1.165) is 6.42 Å².